The molecule has 1 aliphatic rings. The zero-order valence-electron chi connectivity index (χ0n) is 11.3. The average molecular weight is 326 g/mol. The van der Waals surface area contributed by atoms with E-state index in [9.17, 15) is 26.0 Å². The minimum absolute atomic E-state index is 0.0203. The topological polar surface area (TPSA) is 49.4 Å². The molecule has 4 nitrogen and oxygen atoms in total. The molecule has 0 saturated carbocycles. The number of hydrogen-bond donors (Lipinski definition) is 1. The molecule has 0 spiro atoms. The second-order valence-electron chi connectivity index (χ2n) is 5.03. The maximum atomic E-state index is 13.7. The van der Waals surface area contributed by atoms with Crippen LogP contribution in [0.2, 0.25) is 0 Å². The van der Waals surface area contributed by atoms with Crippen LogP contribution in [-0.4, -0.2) is 37.9 Å². The van der Waals surface area contributed by atoms with Gasteiger partial charge in [-0.3, -0.25) is 0 Å². The Labute approximate surface area is 119 Å². The van der Waals surface area contributed by atoms with Crippen LogP contribution in [0.5, 0.6) is 0 Å². The number of rotatable bonds is 2. The molecule has 2 atom stereocenters. The molecular formula is C12H14F4N2O2S. The Morgan fingerprint density at radius 1 is 1.14 bits per heavy atom. The number of benzene rings is 1. The van der Waals surface area contributed by atoms with Crippen LogP contribution >= 0.6 is 0 Å². The number of sulfonamides is 1. The van der Waals surface area contributed by atoms with Gasteiger partial charge in [0.2, 0.25) is 10.0 Å². The van der Waals surface area contributed by atoms with Gasteiger partial charge in [0, 0.05) is 31.2 Å². The Kier molecular flexibility index (Phi) is 4.27. The van der Waals surface area contributed by atoms with Crippen molar-refractivity contribution in [2.75, 3.05) is 13.1 Å². The molecule has 0 bridgehead atoms. The minimum Gasteiger partial charge on any atom is -0.311 e. The molecule has 1 aromatic rings. The molecular weight excluding hydrogens is 312 g/mol. The molecule has 1 aliphatic heterocycles. The summed E-state index contributed by atoms with van der Waals surface area (Å²) < 4.78 is 79.4. The smallest absolute Gasteiger partial charge is 0.249 e. The van der Waals surface area contributed by atoms with Gasteiger partial charge in [-0.1, -0.05) is 0 Å². The number of halogens is 4. The molecule has 1 aromatic carbocycles. The molecule has 2 unspecified atom stereocenters. The third kappa shape index (κ3) is 2.77. The average Bonchev–Trinajstić information content (AvgIpc) is 2.39. The van der Waals surface area contributed by atoms with Crippen molar-refractivity contribution in [3.8, 4) is 0 Å². The highest BCUT2D eigenvalue weighted by Crippen LogP contribution is 2.28. The van der Waals surface area contributed by atoms with E-state index < -0.39 is 44.2 Å². The van der Waals surface area contributed by atoms with E-state index in [1.165, 1.54) is 6.92 Å². The summed E-state index contributed by atoms with van der Waals surface area (Å²) in [5.74, 6) is -7.31. The molecule has 0 aliphatic carbocycles. The van der Waals surface area contributed by atoms with Gasteiger partial charge in [-0.25, -0.2) is 26.0 Å². The highest BCUT2D eigenvalue weighted by molar-refractivity contribution is 7.89. The zero-order valence-corrected chi connectivity index (χ0v) is 12.1. The van der Waals surface area contributed by atoms with E-state index in [0.29, 0.717) is 0 Å². The number of nitrogens with zero attached hydrogens (tertiary/aromatic N) is 1. The lowest BCUT2D eigenvalue weighted by molar-refractivity contribution is 0.242. The van der Waals surface area contributed by atoms with Crippen LogP contribution in [0, 0.1) is 23.3 Å². The molecule has 9 heteroatoms. The third-order valence-electron chi connectivity index (χ3n) is 3.35. The van der Waals surface area contributed by atoms with E-state index in [1.807, 2.05) is 0 Å². The van der Waals surface area contributed by atoms with Crippen molar-refractivity contribution in [2.45, 2.75) is 30.8 Å². The lowest BCUT2D eigenvalue weighted by Crippen LogP contribution is -2.56. The Hall–Kier alpha value is -1.19. The molecule has 0 radical (unpaired) electrons. The second-order valence-corrected chi connectivity index (χ2v) is 6.86. The summed E-state index contributed by atoms with van der Waals surface area (Å²) in [4.78, 5) is -1.58. The zero-order chi connectivity index (χ0) is 15.9. The largest absolute Gasteiger partial charge is 0.311 e. The van der Waals surface area contributed by atoms with Crippen molar-refractivity contribution in [3.63, 3.8) is 0 Å². The Bertz CT molecular complexity index is 639. The van der Waals surface area contributed by atoms with Gasteiger partial charge in [0.15, 0.2) is 28.2 Å². The predicted molar refractivity (Wildman–Crippen MR) is 67.1 cm³/mol. The molecule has 2 rings (SSSR count). The first kappa shape index (κ1) is 16.2. The molecule has 1 saturated heterocycles. The first-order valence-corrected chi connectivity index (χ1v) is 7.68. The minimum atomic E-state index is -4.69. The van der Waals surface area contributed by atoms with Gasteiger partial charge < -0.3 is 5.32 Å². The number of piperazine rings is 1. The summed E-state index contributed by atoms with van der Waals surface area (Å²) >= 11 is 0. The van der Waals surface area contributed by atoms with Crippen LogP contribution in [0.15, 0.2) is 11.0 Å². The molecule has 1 heterocycles. The Morgan fingerprint density at radius 3 is 2.19 bits per heavy atom. The van der Waals surface area contributed by atoms with Crippen LogP contribution in [0.25, 0.3) is 0 Å². The fourth-order valence-electron chi connectivity index (χ4n) is 2.22. The highest BCUT2D eigenvalue weighted by Gasteiger charge is 2.39. The monoisotopic (exact) mass is 326 g/mol. The normalized spacial score (nSPS) is 24.3. The first-order valence-electron chi connectivity index (χ1n) is 6.24. The summed E-state index contributed by atoms with van der Waals surface area (Å²) in [5, 5.41) is 3.00. The summed E-state index contributed by atoms with van der Waals surface area (Å²) in [5.41, 5.74) is 0. The summed E-state index contributed by atoms with van der Waals surface area (Å²) in [7, 11) is -4.69. The van der Waals surface area contributed by atoms with Crippen molar-refractivity contribution < 1.29 is 26.0 Å². The third-order valence-corrected chi connectivity index (χ3v) is 5.35. The van der Waals surface area contributed by atoms with Crippen LogP contribution in [0.1, 0.15) is 13.8 Å². The van der Waals surface area contributed by atoms with E-state index in [-0.39, 0.29) is 25.2 Å². The van der Waals surface area contributed by atoms with Crippen LogP contribution in [0.3, 0.4) is 0 Å². The van der Waals surface area contributed by atoms with Gasteiger partial charge in [-0.2, -0.15) is 4.31 Å². The predicted octanol–water partition coefficient (Wildman–Crippen LogP) is 1.61. The summed E-state index contributed by atoms with van der Waals surface area (Å²) in [6.07, 6.45) is 0. The van der Waals surface area contributed by atoms with E-state index in [2.05, 4.69) is 5.32 Å². The van der Waals surface area contributed by atoms with E-state index in [4.69, 9.17) is 0 Å². The van der Waals surface area contributed by atoms with Gasteiger partial charge in [-0.15, -0.1) is 0 Å². The second kappa shape index (κ2) is 5.54. The van der Waals surface area contributed by atoms with Crippen LogP contribution in [-0.2, 0) is 10.0 Å². The van der Waals surface area contributed by atoms with Gasteiger partial charge in [0.05, 0.1) is 0 Å². The van der Waals surface area contributed by atoms with Gasteiger partial charge in [0.25, 0.3) is 0 Å². The molecule has 0 amide bonds. The SMILES string of the molecule is CC1CN(S(=O)(=O)c2c(F)c(F)cc(F)c2F)C(C)CN1. The van der Waals surface area contributed by atoms with Crippen molar-refractivity contribution in [3.05, 3.63) is 29.3 Å². The molecule has 21 heavy (non-hydrogen) atoms. The van der Waals surface area contributed by atoms with Gasteiger partial charge in [-0.05, 0) is 13.8 Å². The summed E-state index contributed by atoms with van der Waals surface area (Å²) in [6.45, 7) is 3.43. The standard InChI is InChI=1S/C12H14F4N2O2S/c1-6-5-18(7(2)4-17-6)21(19,20)12-10(15)8(13)3-9(14)11(12)16/h3,6-7,17H,4-5H2,1-2H3. The van der Waals surface area contributed by atoms with Gasteiger partial charge >= 0.3 is 0 Å². The summed E-state index contributed by atoms with van der Waals surface area (Å²) in [6, 6.07) is -0.870. The van der Waals surface area contributed by atoms with Crippen LogP contribution in [0.4, 0.5) is 17.6 Å². The van der Waals surface area contributed by atoms with Crippen molar-refractivity contribution >= 4 is 10.0 Å². The molecule has 1 N–H and O–H groups in total. The lowest BCUT2D eigenvalue weighted by atomic mass is 10.2. The Morgan fingerprint density at radius 2 is 1.67 bits per heavy atom. The van der Waals surface area contributed by atoms with Crippen molar-refractivity contribution in [2.24, 2.45) is 0 Å². The van der Waals surface area contributed by atoms with Crippen LogP contribution < -0.4 is 5.32 Å². The van der Waals surface area contributed by atoms with E-state index in [0.717, 1.165) is 4.31 Å². The van der Waals surface area contributed by atoms with Crippen molar-refractivity contribution in [1.29, 1.82) is 0 Å². The highest BCUT2D eigenvalue weighted by atomic mass is 32.2. The maximum Gasteiger partial charge on any atom is 0.249 e. The molecule has 1 fully saturated rings. The van der Waals surface area contributed by atoms with E-state index in [1.54, 1.807) is 6.92 Å². The van der Waals surface area contributed by atoms with Gasteiger partial charge in [0.1, 0.15) is 0 Å². The number of hydrogen-bond acceptors (Lipinski definition) is 3. The molecule has 118 valence electrons. The Balaban J connectivity index is 2.59. The lowest BCUT2D eigenvalue weighted by Gasteiger charge is -2.36. The fourth-order valence-corrected chi connectivity index (χ4v) is 4.07. The first-order chi connectivity index (χ1) is 9.66. The fraction of sp³-hybridized carbons (Fsp3) is 0.500. The maximum absolute atomic E-state index is 13.7. The quantitative estimate of drug-likeness (QED) is 0.664. The molecule has 0 aromatic heterocycles. The number of nitrogens with one attached hydrogen (secondary N) is 1. The van der Waals surface area contributed by atoms with Crippen molar-refractivity contribution in [1.82, 2.24) is 9.62 Å². The van der Waals surface area contributed by atoms with E-state index >= 15 is 0 Å².